The number of halogens is 2. The third kappa shape index (κ3) is 4.71. The summed E-state index contributed by atoms with van der Waals surface area (Å²) in [5.41, 5.74) is 1.07. The molecule has 0 radical (unpaired) electrons. The molecule has 0 aliphatic carbocycles. The number of benzene rings is 2. The third-order valence-electron chi connectivity index (χ3n) is 4.06. The van der Waals surface area contributed by atoms with Crippen LogP contribution in [0.1, 0.15) is 11.1 Å². The van der Waals surface area contributed by atoms with Crippen molar-refractivity contribution in [2.75, 3.05) is 13.7 Å². The molecule has 0 spiro atoms. The Morgan fingerprint density at radius 2 is 2.03 bits per heavy atom. The number of hydrogen-bond donors (Lipinski definition) is 0. The molecule has 3 rings (SSSR count). The number of carbonyl (C=O) groups excluding carboxylic acids is 2. The number of thioether (sulfide) groups is 1. The summed E-state index contributed by atoms with van der Waals surface area (Å²) in [4.78, 5) is 25.8. The maximum atomic E-state index is 13.8. The van der Waals surface area contributed by atoms with E-state index < -0.39 is 0 Å². The van der Waals surface area contributed by atoms with E-state index in [2.05, 4.69) is 22.5 Å². The molecule has 1 aliphatic rings. The van der Waals surface area contributed by atoms with Gasteiger partial charge in [-0.15, -0.1) is 6.58 Å². The van der Waals surface area contributed by atoms with Crippen molar-refractivity contribution in [3.8, 4) is 11.5 Å². The smallest absolute Gasteiger partial charge is 0.293 e. The zero-order valence-corrected chi connectivity index (χ0v) is 17.9. The van der Waals surface area contributed by atoms with Gasteiger partial charge in [0.2, 0.25) is 0 Å². The van der Waals surface area contributed by atoms with Crippen LogP contribution in [0.15, 0.2) is 58.4 Å². The molecule has 1 saturated heterocycles. The fourth-order valence-electron chi connectivity index (χ4n) is 2.67. The Kier molecular flexibility index (Phi) is 6.76. The molecule has 1 heterocycles. The summed E-state index contributed by atoms with van der Waals surface area (Å²) in [5, 5.41) is -0.336. The second kappa shape index (κ2) is 9.28. The molecule has 1 fully saturated rings. The normalized spacial score (nSPS) is 15.1. The van der Waals surface area contributed by atoms with E-state index in [1.165, 1.54) is 19.3 Å². The second-order valence-corrected chi connectivity index (χ2v) is 7.84. The van der Waals surface area contributed by atoms with Gasteiger partial charge >= 0.3 is 0 Å². The number of nitrogens with zero attached hydrogens (tertiary/aromatic N) is 1. The lowest BCUT2D eigenvalue weighted by Gasteiger charge is -2.14. The average molecular weight is 478 g/mol. The van der Waals surface area contributed by atoms with Gasteiger partial charge in [0.1, 0.15) is 12.4 Å². The zero-order chi connectivity index (χ0) is 21.0. The first-order chi connectivity index (χ1) is 13.9. The number of methoxy groups -OCH3 is 1. The van der Waals surface area contributed by atoms with Gasteiger partial charge in [-0.1, -0.05) is 24.3 Å². The molecule has 0 bridgehead atoms. The molecule has 0 unspecified atom stereocenters. The second-order valence-electron chi connectivity index (χ2n) is 6.00. The largest absolute Gasteiger partial charge is 0.493 e. The van der Waals surface area contributed by atoms with E-state index in [4.69, 9.17) is 9.47 Å². The van der Waals surface area contributed by atoms with E-state index in [-0.39, 0.29) is 30.1 Å². The SMILES string of the molecule is C=CCN1C(=O)S/C(=C/c2cc(Br)c(OCc3ccccc3F)c(OC)c2)C1=O. The van der Waals surface area contributed by atoms with Gasteiger partial charge in [0.15, 0.2) is 11.5 Å². The van der Waals surface area contributed by atoms with Crippen molar-refractivity contribution in [1.82, 2.24) is 4.90 Å². The molecule has 2 aromatic rings. The maximum Gasteiger partial charge on any atom is 0.293 e. The number of amides is 2. The highest BCUT2D eigenvalue weighted by molar-refractivity contribution is 9.10. The van der Waals surface area contributed by atoms with Crippen molar-refractivity contribution in [3.05, 3.63) is 75.4 Å². The van der Waals surface area contributed by atoms with E-state index in [0.29, 0.717) is 32.0 Å². The number of hydrogen-bond acceptors (Lipinski definition) is 5. The summed E-state index contributed by atoms with van der Waals surface area (Å²) < 4.78 is 25.5. The van der Waals surface area contributed by atoms with E-state index >= 15 is 0 Å². The van der Waals surface area contributed by atoms with Gasteiger partial charge in [0.05, 0.1) is 16.5 Å². The highest BCUT2D eigenvalue weighted by atomic mass is 79.9. The molecule has 150 valence electrons. The minimum Gasteiger partial charge on any atom is -0.493 e. The van der Waals surface area contributed by atoms with E-state index in [9.17, 15) is 14.0 Å². The first kappa shape index (κ1) is 21.1. The summed E-state index contributed by atoms with van der Waals surface area (Å²) >= 11 is 4.30. The van der Waals surface area contributed by atoms with Crippen molar-refractivity contribution < 1.29 is 23.5 Å². The minimum atomic E-state index is -0.366. The number of ether oxygens (including phenoxy) is 2. The summed E-state index contributed by atoms with van der Waals surface area (Å²) in [6.07, 6.45) is 3.11. The summed E-state index contributed by atoms with van der Waals surface area (Å²) in [6.45, 7) is 3.75. The molecular formula is C21H17BrFNO4S. The molecular weight excluding hydrogens is 461 g/mol. The van der Waals surface area contributed by atoms with Crippen LogP contribution in [0, 0.1) is 5.82 Å². The lowest BCUT2D eigenvalue weighted by Crippen LogP contribution is -2.27. The Bertz CT molecular complexity index is 1010. The van der Waals surface area contributed by atoms with Gasteiger partial charge in [-0.25, -0.2) is 4.39 Å². The number of carbonyl (C=O) groups is 2. The first-order valence-electron chi connectivity index (χ1n) is 8.54. The van der Waals surface area contributed by atoms with Crippen molar-refractivity contribution in [3.63, 3.8) is 0 Å². The minimum absolute atomic E-state index is 0.0292. The Labute approximate surface area is 180 Å². The molecule has 2 aromatic carbocycles. The van der Waals surface area contributed by atoms with Crippen LogP contribution in [0.25, 0.3) is 6.08 Å². The molecule has 5 nitrogen and oxygen atoms in total. The van der Waals surface area contributed by atoms with E-state index in [0.717, 1.165) is 16.7 Å². The van der Waals surface area contributed by atoms with Gasteiger partial charge in [-0.2, -0.15) is 0 Å². The van der Waals surface area contributed by atoms with Crippen LogP contribution >= 0.6 is 27.7 Å². The van der Waals surface area contributed by atoms with Gasteiger partial charge < -0.3 is 9.47 Å². The molecule has 0 N–H and O–H groups in total. The standard InChI is InChI=1S/C21H17BrFNO4S/c1-3-8-24-20(25)18(29-21(24)26)11-13-9-15(22)19(17(10-13)27-2)28-12-14-6-4-5-7-16(14)23/h3-7,9-11H,1,8,12H2,2H3/b18-11+. The lowest BCUT2D eigenvalue weighted by molar-refractivity contribution is -0.122. The van der Waals surface area contributed by atoms with Crippen LogP contribution in [0.2, 0.25) is 0 Å². The van der Waals surface area contributed by atoms with Crippen molar-refractivity contribution in [2.45, 2.75) is 6.61 Å². The Morgan fingerprint density at radius 1 is 1.28 bits per heavy atom. The fraction of sp³-hybridized carbons (Fsp3) is 0.143. The number of rotatable bonds is 7. The van der Waals surface area contributed by atoms with Crippen LogP contribution in [0.3, 0.4) is 0 Å². The summed E-state index contributed by atoms with van der Waals surface area (Å²) in [5.74, 6) is 0.101. The molecule has 0 atom stereocenters. The third-order valence-corrected chi connectivity index (χ3v) is 5.56. The topological polar surface area (TPSA) is 55.8 Å². The molecule has 29 heavy (non-hydrogen) atoms. The Morgan fingerprint density at radius 3 is 2.72 bits per heavy atom. The highest BCUT2D eigenvalue weighted by Crippen LogP contribution is 2.39. The first-order valence-corrected chi connectivity index (χ1v) is 10.2. The molecule has 2 amide bonds. The predicted molar refractivity (Wildman–Crippen MR) is 114 cm³/mol. The summed E-state index contributed by atoms with van der Waals surface area (Å²) in [6, 6.07) is 9.78. The quantitative estimate of drug-likeness (QED) is 0.394. The Hall–Kier alpha value is -2.58. The zero-order valence-electron chi connectivity index (χ0n) is 15.5. The van der Waals surface area contributed by atoms with Crippen LogP contribution in [0.5, 0.6) is 11.5 Å². The lowest BCUT2D eigenvalue weighted by atomic mass is 10.1. The maximum absolute atomic E-state index is 13.8. The molecule has 8 heteroatoms. The van der Waals surface area contributed by atoms with Gasteiger partial charge in [0.25, 0.3) is 11.1 Å². The van der Waals surface area contributed by atoms with Crippen LogP contribution in [-0.4, -0.2) is 29.7 Å². The van der Waals surface area contributed by atoms with Crippen molar-refractivity contribution in [2.24, 2.45) is 0 Å². The number of imide groups is 1. The molecule has 1 aliphatic heterocycles. The average Bonchev–Trinajstić information content (AvgIpc) is 2.95. The Balaban J connectivity index is 1.85. The predicted octanol–water partition coefficient (Wildman–Crippen LogP) is 5.40. The monoisotopic (exact) mass is 477 g/mol. The molecule has 0 saturated carbocycles. The van der Waals surface area contributed by atoms with Gasteiger partial charge in [-0.3, -0.25) is 14.5 Å². The van der Waals surface area contributed by atoms with Gasteiger partial charge in [-0.05, 0) is 57.5 Å². The van der Waals surface area contributed by atoms with Crippen LogP contribution in [-0.2, 0) is 11.4 Å². The fourth-order valence-corrected chi connectivity index (χ4v) is 4.09. The van der Waals surface area contributed by atoms with Gasteiger partial charge in [0, 0.05) is 12.1 Å². The van der Waals surface area contributed by atoms with E-state index in [1.54, 1.807) is 36.4 Å². The molecule has 0 aromatic heterocycles. The summed E-state index contributed by atoms with van der Waals surface area (Å²) in [7, 11) is 1.49. The van der Waals surface area contributed by atoms with Crippen LogP contribution < -0.4 is 9.47 Å². The highest BCUT2D eigenvalue weighted by Gasteiger charge is 2.34. The van der Waals surface area contributed by atoms with Crippen molar-refractivity contribution in [1.29, 1.82) is 0 Å². The van der Waals surface area contributed by atoms with E-state index in [1.807, 2.05) is 0 Å². The van der Waals surface area contributed by atoms with Crippen molar-refractivity contribution >= 4 is 44.9 Å². The van der Waals surface area contributed by atoms with Crippen LogP contribution in [0.4, 0.5) is 9.18 Å².